The predicted octanol–water partition coefficient (Wildman–Crippen LogP) is 3.85. The van der Waals surface area contributed by atoms with Crippen LogP contribution in [0.4, 0.5) is 0 Å². The van der Waals surface area contributed by atoms with Gasteiger partial charge >= 0.3 is 0 Å². The molecular weight excluding hydrogens is 453 g/mol. The molecule has 2 aromatic carbocycles. The zero-order valence-electron chi connectivity index (χ0n) is 16.8. The fraction of sp³-hybridized carbons (Fsp3) is 0.381. The average Bonchev–Trinajstić information content (AvgIpc) is 2.65. The summed E-state index contributed by atoms with van der Waals surface area (Å²) >= 11 is 0. The Labute approximate surface area is 179 Å². The molecule has 0 heterocycles. The van der Waals surface area contributed by atoms with Gasteiger partial charge in [0.1, 0.15) is 11.5 Å². The fourth-order valence-electron chi connectivity index (χ4n) is 2.80. The number of nitrogens with zero attached hydrogens (tertiary/aromatic N) is 1. The predicted molar refractivity (Wildman–Crippen MR) is 123 cm³/mol. The Kier molecular flexibility index (Phi) is 9.99. The first-order valence-corrected chi connectivity index (χ1v) is 8.79. The maximum absolute atomic E-state index is 5.44. The molecule has 0 aromatic heterocycles. The number of halogens is 1. The van der Waals surface area contributed by atoms with Crippen LogP contribution in [0.15, 0.2) is 41.4 Å². The minimum atomic E-state index is 0. The normalized spacial score (nSPS) is 10.8. The van der Waals surface area contributed by atoms with Gasteiger partial charge in [0.25, 0.3) is 0 Å². The summed E-state index contributed by atoms with van der Waals surface area (Å²) in [5, 5.41) is 6.69. The second-order valence-electron chi connectivity index (χ2n) is 6.22. The Morgan fingerprint density at radius 1 is 0.963 bits per heavy atom. The molecule has 0 fully saturated rings. The largest absolute Gasteiger partial charge is 0.496 e. The fourth-order valence-corrected chi connectivity index (χ4v) is 2.80. The van der Waals surface area contributed by atoms with Crippen LogP contribution < -0.4 is 20.1 Å². The molecule has 2 aromatic rings. The lowest BCUT2D eigenvalue weighted by molar-refractivity contribution is 0.409. The van der Waals surface area contributed by atoms with Crippen LogP contribution >= 0.6 is 24.0 Å². The summed E-state index contributed by atoms with van der Waals surface area (Å²) in [6, 6.07) is 12.4. The molecule has 0 aliphatic rings. The van der Waals surface area contributed by atoms with E-state index in [1.54, 1.807) is 21.3 Å². The summed E-state index contributed by atoms with van der Waals surface area (Å²) in [5.41, 5.74) is 4.71. The number of ether oxygens (including phenoxy) is 2. The van der Waals surface area contributed by atoms with Crippen molar-refractivity contribution >= 4 is 29.9 Å². The number of guanidine groups is 1. The van der Waals surface area contributed by atoms with Crippen LogP contribution in [0.25, 0.3) is 0 Å². The third-order valence-corrected chi connectivity index (χ3v) is 4.28. The van der Waals surface area contributed by atoms with E-state index in [-0.39, 0.29) is 24.0 Å². The van der Waals surface area contributed by atoms with E-state index in [9.17, 15) is 0 Å². The van der Waals surface area contributed by atoms with Crippen LogP contribution in [0.1, 0.15) is 22.3 Å². The van der Waals surface area contributed by atoms with Gasteiger partial charge in [0.2, 0.25) is 0 Å². The van der Waals surface area contributed by atoms with E-state index in [1.807, 2.05) is 19.1 Å². The molecule has 0 aliphatic carbocycles. The van der Waals surface area contributed by atoms with Crippen molar-refractivity contribution < 1.29 is 9.47 Å². The van der Waals surface area contributed by atoms with Gasteiger partial charge in [-0.1, -0.05) is 29.8 Å². The third-order valence-electron chi connectivity index (χ3n) is 4.28. The van der Waals surface area contributed by atoms with E-state index < -0.39 is 0 Å². The molecule has 0 radical (unpaired) electrons. The SMILES string of the molecule is CN=C(NCCc1cc(C)ccc1OC)NCc1ccc(C)c(OC)c1.I. The van der Waals surface area contributed by atoms with Crippen molar-refractivity contribution in [3.63, 3.8) is 0 Å². The Morgan fingerprint density at radius 2 is 1.70 bits per heavy atom. The Hall–Kier alpha value is -1.96. The van der Waals surface area contributed by atoms with E-state index in [0.29, 0.717) is 6.54 Å². The van der Waals surface area contributed by atoms with Crippen LogP contribution in [-0.4, -0.2) is 33.8 Å². The highest BCUT2D eigenvalue weighted by Gasteiger charge is 2.05. The quantitative estimate of drug-likeness (QED) is 0.357. The molecule has 0 unspecified atom stereocenters. The summed E-state index contributed by atoms with van der Waals surface area (Å²) in [7, 11) is 5.18. The van der Waals surface area contributed by atoms with Gasteiger partial charge in [0.05, 0.1) is 14.2 Å². The molecule has 0 saturated carbocycles. The zero-order chi connectivity index (χ0) is 18.9. The molecule has 148 valence electrons. The second-order valence-corrected chi connectivity index (χ2v) is 6.22. The van der Waals surface area contributed by atoms with Gasteiger partial charge in [0.15, 0.2) is 5.96 Å². The van der Waals surface area contributed by atoms with Gasteiger partial charge in [-0.2, -0.15) is 0 Å². The minimum absolute atomic E-state index is 0. The summed E-state index contributed by atoms with van der Waals surface area (Å²) in [6.45, 7) is 5.59. The summed E-state index contributed by atoms with van der Waals surface area (Å²) in [5.74, 6) is 2.60. The van der Waals surface area contributed by atoms with Crippen LogP contribution in [-0.2, 0) is 13.0 Å². The molecule has 5 nitrogen and oxygen atoms in total. The van der Waals surface area contributed by atoms with Crippen molar-refractivity contribution in [1.82, 2.24) is 10.6 Å². The van der Waals surface area contributed by atoms with Crippen LogP contribution in [0.3, 0.4) is 0 Å². The Bertz CT molecular complexity index is 763. The number of nitrogens with one attached hydrogen (secondary N) is 2. The van der Waals surface area contributed by atoms with E-state index in [0.717, 1.165) is 41.6 Å². The maximum Gasteiger partial charge on any atom is 0.191 e. The highest BCUT2D eigenvalue weighted by atomic mass is 127. The van der Waals surface area contributed by atoms with Crippen molar-refractivity contribution in [3.05, 3.63) is 58.7 Å². The molecule has 0 aliphatic heterocycles. The Morgan fingerprint density at radius 3 is 2.37 bits per heavy atom. The smallest absolute Gasteiger partial charge is 0.191 e. The van der Waals surface area contributed by atoms with Crippen molar-refractivity contribution in [2.45, 2.75) is 26.8 Å². The first-order chi connectivity index (χ1) is 12.6. The topological polar surface area (TPSA) is 54.9 Å². The van der Waals surface area contributed by atoms with Crippen molar-refractivity contribution in [1.29, 1.82) is 0 Å². The lowest BCUT2D eigenvalue weighted by Crippen LogP contribution is -2.37. The second kappa shape index (κ2) is 11.7. The van der Waals surface area contributed by atoms with Crippen molar-refractivity contribution in [2.75, 3.05) is 27.8 Å². The van der Waals surface area contributed by atoms with Crippen molar-refractivity contribution in [2.24, 2.45) is 4.99 Å². The van der Waals surface area contributed by atoms with Crippen LogP contribution in [0, 0.1) is 13.8 Å². The number of hydrogen-bond acceptors (Lipinski definition) is 3. The molecule has 0 spiro atoms. The number of methoxy groups -OCH3 is 2. The van der Waals surface area contributed by atoms with Gasteiger partial charge in [-0.25, -0.2) is 0 Å². The first kappa shape index (κ1) is 23.1. The van der Waals surface area contributed by atoms with Gasteiger partial charge < -0.3 is 20.1 Å². The van der Waals surface area contributed by atoms with Gasteiger partial charge in [-0.15, -0.1) is 24.0 Å². The van der Waals surface area contributed by atoms with E-state index >= 15 is 0 Å². The molecule has 27 heavy (non-hydrogen) atoms. The lowest BCUT2D eigenvalue weighted by Gasteiger charge is -2.14. The highest BCUT2D eigenvalue weighted by molar-refractivity contribution is 14.0. The molecule has 2 rings (SSSR count). The summed E-state index contributed by atoms with van der Waals surface area (Å²) in [6.07, 6.45) is 0.865. The molecule has 0 bridgehead atoms. The standard InChI is InChI=1S/C21H29N3O2.HI/c1-15-6-9-19(25-4)18(12-15)10-11-23-21(22-3)24-14-17-8-7-16(2)20(13-17)26-5;/h6-9,12-13H,10-11,14H2,1-5H3,(H2,22,23,24);1H. The lowest BCUT2D eigenvalue weighted by atomic mass is 10.1. The number of benzene rings is 2. The minimum Gasteiger partial charge on any atom is -0.496 e. The third kappa shape index (κ3) is 6.93. The number of rotatable bonds is 7. The maximum atomic E-state index is 5.44. The first-order valence-electron chi connectivity index (χ1n) is 8.79. The monoisotopic (exact) mass is 483 g/mol. The van der Waals surface area contributed by atoms with E-state index in [2.05, 4.69) is 46.8 Å². The van der Waals surface area contributed by atoms with E-state index in [4.69, 9.17) is 9.47 Å². The molecule has 0 saturated heterocycles. The Balaban J connectivity index is 0.00000364. The summed E-state index contributed by atoms with van der Waals surface area (Å²) in [4.78, 5) is 4.29. The van der Waals surface area contributed by atoms with Gasteiger partial charge in [-0.3, -0.25) is 4.99 Å². The molecular formula is C21H30IN3O2. The number of aliphatic imine (C=N–C) groups is 1. The number of hydrogen-bond donors (Lipinski definition) is 2. The highest BCUT2D eigenvalue weighted by Crippen LogP contribution is 2.20. The molecule has 0 amide bonds. The molecule has 6 heteroatoms. The van der Waals surface area contributed by atoms with E-state index in [1.165, 1.54) is 11.1 Å². The number of aryl methyl sites for hydroxylation is 2. The zero-order valence-corrected chi connectivity index (χ0v) is 19.1. The summed E-state index contributed by atoms with van der Waals surface area (Å²) < 4.78 is 10.8. The van der Waals surface area contributed by atoms with Crippen LogP contribution in [0.5, 0.6) is 11.5 Å². The molecule has 2 N–H and O–H groups in total. The van der Waals surface area contributed by atoms with Crippen molar-refractivity contribution in [3.8, 4) is 11.5 Å². The van der Waals surface area contributed by atoms with Crippen LogP contribution in [0.2, 0.25) is 0 Å². The average molecular weight is 483 g/mol. The van der Waals surface area contributed by atoms with Gasteiger partial charge in [0, 0.05) is 20.1 Å². The van der Waals surface area contributed by atoms with Gasteiger partial charge in [-0.05, 0) is 49.1 Å². The molecule has 0 atom stereocenters.